The Bertz CT molecular complexity index is 613. The number of halogens is 1. The average Bonchev–Trinajstić information content (AvgIpc) is 2.96. The van der Waals surface area contributed by atoms with Crippen LogP contribution in [-0.4, -0.2) is 91.8 Å². The van der Waals surface area contributed by atoms with Crippen molar-refractivity contribution in [3.05, 3.63) is 30.1 Å². The van der Waals surface area contributed by atoms with E-state index < -0.39 is 0 Å². The Morgan fingerprint density at radius 1 is 1.15 bits per heavy atom. The number of aliphatic hydroxyl groups excluding tert-OH is 1. The molecule has 0 radical (unpaired) electrons. The van der Waals surface area contributed by atoms with Gasteiger partial charge in [-0.1, -0.05) is 0 Å². The number of carbonyl (C=O) groups excluding carboxylic acids is 1. The van der Waals surface area contributed by atoms with Crippen LogP contribution in [0.25, 0.3) is 0 Å². The molecule has 1 aromatic carbocycles. The van der Waals surface area contributed by atoms with Crippen LogP contribution >= 0.6 is 0 Å². The number of hydrogen-bond acceptors (Lipinski definition) is 5. The fourth-order valence-corrected chi connectivity index (χ4v) is 3.94. The minimum Gasteiger partial charge on any atom is -0.484 e. The lowest BCUT2D eigenvalue weighted by Crippen LogP contribution is -2.37. The molecule has 2 atom stereocenters. The van der Waals surface area contributed by atoms with E-state index in [0.29, 0.717) is 18.8 Å². The topological polar surface area (TPSA) is 56.2 Å². The van der Waals surface area contributed by atoms with Crippen molar-refractivity contribution >= 4 is 5.91 Å². The van der Waals surface area contributed by atoms with Gasteiger partial charge in [0.2, 0.25) is 0 Å². The van der Waals surface area contributed by atoms with Crippen molar-refractivity contribution in [2.45, 2.75) is 6.42 Å². The van der Waals surface area contributed by atoms with Gasteiger partial charge in [0.05, 0.1) is 0 Å². The van der Waals surface area contributed by atoms with Crippen LogP contribution in [0.15, 0.2) is 24.3 Å². The summed E-state index contributed by atoms with van der Waals surface area (Å²) in [5.74, 6) is 0.458. The van der Waals surface area contributed by atoms with Gasteiger partial charge in [0.25, 0.3) is 5.91 Å². The van der Waals surface area contributed by atoms with Crippen molar-refractivity contribution in [2.75, 3.05) is 66.1 Å². The molecule has 0 saturated carbocycles. The van der Waals surface area contributed by atoms with Crippen molar-refractivity contribution in [1.29, 1.82) is 0 Å². The summed E-state index contributed by atoms with van der Waals surface area (Å²) >= 11 is 0. The molecule has 0 aliphatic carbocycles. The van der Waals surface area contributed by atoms with Gasteiger partial charge in [-0.15, -0.1) is 0 Å². The van der Waals surface area contributed by atoms with Gasteiger partial charge in [-0.2, -0.15) is 0 Å². The molecule has 2 heterocycles. The molecule has 0 unspecified atom stereocenters. The first-order chi connectivity index (χ1) is 13.0. The number of nitrogens with zero attached hydrogens (tertiary/aromatic N) is 3. The van der Waals surface area contributed by atoms with E-state index in [1.165, 1.54) is 24.3 Å². The molecule has 0 bridgehead atoms. The Morgan fingerprint density at radius 2 is 1.89 bits per heavy atom. The van der Waals surface area contributed by atoms with E-state index in [2.05, 4.69) is 16.8 Å². The Morgan fingerprint density at radius 3 is 2.63 bits per heavy atom. The Kier molecular flexibility index (Phi) is 7.04. The van der Waals surface area contributed by atoms with Crippen LogP contribution in [0.3, 0.4) is 0 Å². The normalized spacial score (nSPS) is 24.8. The standard InChI is InChI=1S/C20H30FN3O3/c1-22-7-2-8-23(10-9-22)11-16-12-24(13-17(16)14-25)20(26)15-27-19-5-3-18(21)4-6-19/h3-6,16-17,25H,2,7-15H2,1H3/t16-,17-/m1/s1. The number of aliphatic hydroxyl groups is 1. The van der Waals surface area contributed by atoms with E-state index in [0.717, 1.165) is 39.1 Å². The number of likely N-dealkylation sites (N-methyl/N-ethyl adjacent to an activating group) is 1. The maximum atomic E-state index is 12.9. The Balaban J connectivity index is 1.50. The maximum absolute atomic E-state index is 12.9. The Labute approximate surface area is 160 Å². The molecule has 1 aromatic rings. The number of benzene rings is 1. The Hall–Kier alpha value is -1.70. The summed E-state index contributed by atoms with van der Waals surface area (Å²) in [6, 6.07) is 5.66. The van der Waals surface area contributed by atoms with Gasteiger partial charge >= 0.3 is 0 Å². The van der Waals surface area contributed by atoms with E-state index in [-0.39, 0.29) is 36.8 Å². The van der Waals surface area contributed by atoms with Crippen molar-refractivity contribution in [1.82, 2.24) is 14.7 Å². The first-order valence-corrected chi connectivity index (χ1v) is 9.73. The number of amides is 1. The minimum absolute atomic E-state index is 0.0645. The number of likely N-dealkylation sites (tertiary alicyclic amines) is 1. The second-order valence-electron chi connectivity index (χ2n) is 7.70. The van der Waals surface area contributed by atoms with Crippen molar-refractivity contribution in [3.8, 4) is 5.75 Å². The van der Waals surface area contributed by atoms with Crippen LogP contribution in [0.1, 0.15) is 6.42 Å². The largest absolute Gasteiger partial charge is 0.484 e. The molecule has 27 heavy (non-hydrogen) atoms. The van der Waals surface area contributed by atoms with E-state index in [1.807, 2.05) is 0 Å². The number of carbonyl (C=O) groups is 1. The van der Waals surface area contributed by atoms with Crippen LogP contribution in [0.5, 0.6) is 5.75 Å². The van der Waals surface area contributed by atoms with Crippen LogP contribution in [0.2, 0.25) is 0 Å². The van der Waals surface area contributed by atoms with Crippen LogP contribution in [-0.2, 0) is 4.79 Å². The molecule has 2 aliphatic rings. The number of hydrogen-bond donors (Lipinski definition) is 1. The summed E-state index contributed by atoms with van der Waals surface area (Å²) in [4.78, 5) is 19.1. The number of ether oxygens (including phenoxy) is 1. The summed E-state index contributed by atoms with van der Waals surface area (Å²) in [5, 5.41) is 9.77. The lowest BCUT2D eigenvalue weighted by molar-refractivity contribution is -0.132. The van der Waals surface area contributed by atoms with Crippen LogP contribution in [0.4, 0.5) is 4.39 Å². The van der Waals surface area contributed by atoms with E-state index >= 15 is 0 Å². The molecule has 3 rings (SSSR count). The SMILES string of the molecule is CN1CCCN(C[C@@H]2CN(C(=O)COc3ccc(F)cc3)C[C@@H]2CO)CC1. The highest BCUT2D eigenvalue weighted by atomic mass is 19.1. The lowest BCUT2D eigenvalue weighted by Gasteiger charge is -2.26. The first kappa shape index (κ1) is 20.0. The molecule has 1 N–H and O–H groups in total. The molecule has 2 fully saturated rings. The second-order valence-corrected chi connectivity index (χ2v) is 7.70. The molecular weight excluding hydrogens is 349 g/mol. The third-order valence-electron chi connectivity index (χ3n) is 5.64. The zero-order valence-corrected chi connectivity index (χ0v) is 16.0. The zero-order valence-electron chi connectivity index (χ0n) is 16.0. The summed E-state index contributed by atoms with van der Waals surface area (Å²) in [6.07, 6.45) is 1.15. The van der Waals surface area contributed by atoms with E-state index in [1.54, 1.807) is 4.90 Å². The van der Waals surface area contributed by atoms with Crippen molar-refractivity contribution < 1.29 is 19.0 Å². The molecule has 2 aliphatic heterocycles. The number of rotatable bonds is 6. The fourth-order valence-electron chi connectivity index (χ4n) is 3.94. The summed E-state index contributed by atoms with van der Waals surface area (Å²) in [7, 11) is 2.15. The molecule has 1 amide bonds. The predicted octanol–water partition coefficient (Wildman–Crippen LogP) is 0.909. The van der Waals surface area contributed by atoms with E-state index in [4.69, 9.17) is 4.74 Å². The second kappa shape index (κ2) is 9.48. The fraction of sp³-hybridized carbons (Fsp3) is 0.650. The molecule has 150 valence electrons. The van der Waals surface area contributed by atoms with Gasteiger partial charge < -0.3 is 24.5 Å². The molecule has 7 heteroatoms. The highest BCUT2D eigenvalue weighted by Crippen LogP contribution is 2.25. The maximum Gasteiger partial charge on any atom is 0.260 e. The average molecular weight is 379 g/mol. The van der Waals surface area contributed by atoms with Gasteiger partial charge in [-0.3, -0.25) is 4.79 Å². The molecule has 6 nitrogen and oxygen atoms in total. The molecule has 0 spiro atoms. The molecule has 2 saturated heterocycles. The summed E-state index contributed by atoms with van der Waals surface area (Å²) in [6.45, 7) is 6.46. The lowest BCUT2D eigenvalue weighted by atomic mass is 9.96. The highest BCUT2D eigenvalue weighted by molar-refractivity contribution is 5.78. The van der Waals surface area contributed by atoms with Gasteiger partial charge in [-0.05, 0) is 56.7 Å². The van der Waals surface area contributed by atoms with Crippen LogP contribution in [0, 0.1) is 17.7 Å². The zero-order chi connectivity index (χ0) is 19.2. The third kappa shape index (κ3) is 5.64. The molecular formula is C20H30FN3O3. The first-order valence-electron chi connectivity index (χ1n) is 9.73. The monoisotopic (exact) mass is 379 g/mol. The van der Waals surface area contributed by atoms with Gasteiger partial charge in [0.1, 0.15) is 11.6 Å². The predicted molar refractivity (Wildman–Crippen MR) is 101 cm³/mol. The highest BCUT2D eigenvalue weighted by Gasteiger charge is 2.36. The smallest absolute Gasteiger partial charge is 0.260 e. The van der Waals surface area contributed by atoms with Gasteiger partial charge in [0, 0.05) is 45.2 Å². The summed E-state index contributed by atoms with van der Waals surface area (Å²) < 4.78 is 18.4. The van der Waals surface area contributed by atoms with Crippen LogP contribution < -0.4 is 4.74 Å². The van der Waals surface area contributed by atoms with Gasteiger partial charge in [0.15, 0.2) is 6.61 Å². The van der Waals surface area contributed by atoms with E-state index in [9.17, 15) is 14.3 Å². The van der Waals surface area contributed by atoms with Crippen molar-refractivity contribution in [3.63, 3.8) is 0 Å². The minimum atomic E-state index is -0.332. The summed E-state index contributed by atoms with van der Waals surface area (Å²) in [5.41, 5.74) is 0. The van der Waals surface area contributed by atoms with Gasteiger partial charge in [-0.25, -0.2) is 4.39 Å². The third-order valence-corrected chi connectivity index (χ3v) is 5.64. The quantitative estimate of drug-likeness (QED) is 0.796. The molecule has 0 aromatic heterocycles. The van der Waals surface area contributed by atoms with Crippen molar-refractivity contribution in [2.24, 2.45) is 11.8 Å².